The summed E-state index contributed by atoms with van der Waals surface area (Å²) < 4.78 is 10.6. The molecule has 0 aliphatic rings. The van der Waals surface area contributed by atoms with E-state index >= 15 is 0 Å². The second-order valence-corrected chi connectivity index (χ2v) is 3.70. The largest absolute Gasteiger partial charge is 0.462 e. The van der Waals surface area contributed by atoms with Crippen molar-refractivity contribution in [1.29, 1.82) is 0 Å². The zero-order valence-corrected chi connectivity index (χ0v) is 9.88. The summed E-state index contributed by atoms with van der Waals surface area (Å²) in [5.74, 6) is 1.87. The average Bonchev–Trinajstić information content (AvgIpc) is 2.68. The highest BCUT2D eigenvalue weighted by Gasteiger charge is 2.05. The van der Waals surface area contributed by atoms with Gasteiger partial charge in [0.05, 0.1) is 6.54 Å². The van der Waals surface area contributed by atoms with Gasteiger partial charge < -0.3 is 14.5 Å². The third-order valence-electron chi connectivity index (χ3n) is 2.55. The molecule has 15 heavy (non-hydrogen) atoms. The summed E-state index contributed by atoms with van der Waals surface area (Å²) in [5.41, 5.74) is 0. The number of ether oxygens (including phenoxy) is 1. The molecule has 3 nitrogen and oxygen atoms in total. The van der Waals surface area contributed by atoms with Crippen molar-refractivity contribution in [3.63, 3.8) is 0 Å². The first-order valence-electron chi connectivity index (χ1n) is 5.60. The fraction of sp³-hybridized carbons (Fsp3) is 0.667. The van der Waals surface area contributed by atoms with Gasteiger partial charge in [0.2, 0.25) is 0 Å². The molecule has 1 heterocycles. The van der Waals surface area contributed by atoms with Crippen LogP contribution in [0, 0.1) is 0 Å². The summed E-state index contributed by atoms with van der Waals surface area (Å²) in [6.45, 7) is 5.74. The van der Waals surface area contributed by atoms with Crippen molar-refractivity contribution >= 4 is 0 Å². The molecular formula is C12H21NO2. The van der Waals surface area contributed by atoms with Crippen molar-refractivity contribution in [2.75, 3.05) is 7.11 Å². The minimum Gasteiger partial charge on any atom is -0.462 e. The molecule has 0 radical (unpaired) electrons. The normalized spacial score (nSPS) is 11.2. The monoisotopic (exact) mass is 211 g/mol. The molecule has 0 saturated carbocycles. The van der Waals surface area contributed by atoms with Crippen LogP contribution in [0.2, 0.25) is 0 Å². The van der Waals surface area contributed by atoms with Crippen molar-refractivity contribution in [2.45, 2.75) is 45.9 Å². The van der Waals surface area contributed by atoms with Crippen LogP contribution in [0.25, 0.3) is 0 Å². The van der Waals surface area contributed by atoms with E-state index in [1.54, 1.807) is 7.11 Å². The molecule has 1 aromatic heterocycles. The smallest absolute Gasteiger partial charge is 0.129 e. The van der Waals surface area contributed by atoms with E-state index in [1.807, 2.05) is 12.1 Å². The van der Waals surface area contributed by atoms with Gasteiger partial charge in [0.25, 0.3) is 0 Å². The molecule has 0 amide bonds. The van der Waals surface area contributed by atoms with E-state index in [0.717, 1.165) is 30.9 Å². The van der Waals surface area contributed by atoms with Crippen LogP contribution < -0.4 is 5.32 Å². The predicted molar refractivity (Wildman–Crippen MR) is 60.6 cm³/mol. The van der Waals surface area contributed by atoms with E-state index in [1.165, 1.54) is 0 Å². The molecule has 0 aromatic carbocycles. The first kappa shape index (κ1) is 12.3. The molecule has 0 aliphatic carbocycles. The number of nitrogens with one attached hydrogen (secondary N) is 1. The molecule has 0 atom stereocenters. The van der Waals surface area contributed by atoms with Gasteiger partial charge in [-0.05, 0) is 25.0 Å². The quantitative estimate of drug-likeness (QED) is 0.753. The lowest BCUT2D eigenvalue weighted by Crippen LogP contribution is -2.26. The van der Waals surface area contributed by atoms with Crippen molar-refractivity contribution in [2.24, 2.45) is 0 Å². The van der Waals surface area contributed by atoms with E-state index in [4.69, 9.17) is 9.15 Å². The molecular weight excluding hydrogens is 190 g/mol. The number of hydrogen-bond donors (Lipinski definition) is 1. The molecule has 0 bridgehead atoms. The lowest BCUT2D eigenvalue weighted by molar-refractivity contribution is 0.162. The molecule has 1 aromatic rings. The zero-order valence-electron chi connectivity index (χ0n) is 9.88. The van der Waals surface area contributed by atoms with Gasteiger partial charge in [-0.1, -0.05) is 13.8 Å². The molecule has 1 rings (SSSR count). The Morgan fingerprint density at radius 2 is 1.93 bits per heavy atom. The summed E-state index contributed by atoms with van der Waals surface area (Å²) >= 11 is 0. The molecule has 3 heteroatoms. The maximum atomic E-state index is 5.58. The van der Waals surface area contributed by atoms with Crippen LogP contribution in [0.4, 0.5) is 0 Å². The molecule has 0 spiro atoms. The summed E-state index contributed by atoms with van der Waals surface area (Å²) in [4.78, 5) is 0. The first-order chi connectivity index (χ1) is 7.30. The van der Waals surface area contributed by atoms with Crippen molar-refractivity contribution in [3.8, 4) is 0 Å². The first-order valence-corrected chi connectivity index (χ1v) is 5.60. The van der Waals surface area contributed by atoms with Crippen LogP contribution in [-0.2, 0) is 17.9 Å². The van der Waals surface area contributed by atoms with Crippen LogP contribution in [0.1, 0.15) is 38.2 Å². The summed E-state index contributed by atoms with van der Waals surface area (Å²) in [5, 5.41) is 3.46. The van der Waals surface area contributed by atoms with Crippen LogP contribution in [0.5, 0.6) is 0 Å². The number of rotatable bonds is 7. The van der Waals surface area contributed by atoms with E-state index in [-0.39, 0.29) is 0 Å². The standard InChI is InChI=1S/C12H21NO2/c1-4-10(5-2)13-8-11-6-7-12(15-11)9-14-3/h6-7,10,13H,4-5,8-9H2,1-3H3. The highest BCUT2D eigenvalue weighted by molar-refractivity contribution is 5.06. The molecule has 86 valence electrons. The Bertz CT molecular complexity index is 266. The second kappa shape index (κ2) is 6.64. The lowest BCUT2D eigenvalue weighted by atomic mass is 10.2. The Labute approximate surface area is 91.8 Å². The maximum absolute atomic E-state index is 5.58. The van der Waals surface area contributed by atoms with Gasteiger partial charge in [0, 0.05) is 13.2 Å². The number of furan rings is 1. The van der Waals surface area contributed by atoms with Crippen LogP contribution in [-0.4, -0.2) is 13.2 Å². The third-order valence-corrected chi connectivity index (χ3v) is 2.55. The fourth-order valence-electron chi connectivity index (χ4n) is 1.56. The van der Waals surface area contributed by atoms with Crippen molar-refractivity contribution in [1.82, 2.24) is 5.32 Å². The van der Waals surface area contributed by atoms with Gasteiger partial charge in [-0.25, -0.2) is 0 Å². The Hall–Kier alpha value is -0.800. The van der Waals surface area contributed by atoms with Crippen molar-refractivity contribution < 1.29 is 9.15 Å². The van der Waals surface area contributed by atoms with Gasteiger partial charge in [-0.15, -0.1) is 0 Å². The number of hydrogen-bond acceptors (Lipinski definition) is 3. The molecule has 1 N–H and O–H groups in total. The summed E-state index contributed by atoms with van der Waals surface area (Å²) in [6, 6.07) is 4.55. The minimum absolute atomic E-state index is 0.547. The Kier molecular flexibility index (Phi) is 5.43. The van der Waals surface area contributed by atoms with E-state index < -0.39 is 0 Å². The molecule has 0 unspecified atom stereocenters. The van der Waals surface area contributed by atoms with Crippen LogP contribution in [0.15, 0.2) is 16.5 Å². The zero-order chi connectivity index (χ0) is 11.1. The Morgan fingerprint density at radius 1 is 1.27 bits per heavy atom. The maximum Gasteiger partial charge on any atom is 0.129 e. The molecule has 0 saturated heterocycles. The van der Waals surface area contributed by atoms with E-state index in [9.17, 15) is 0 Å². The topological polar surface area (TPSA) is 34.4 Å². The highest BCUT2D eigenvalue weighted by Crippen LogP contribution is 2.09. The highest BCUT2D eigenvalue weighted by atomic mass is 16.5. The minimum atomic E-state index is 0.547. The molecule has 0 aliphatic heterocycles. The number of methoxy groups -OCH3 is 1. The van der Waals surface area contributed by atoms with Gasteiger partial charge in [-0.2, -0.15) is 0 Å². The van der Waals surface area contributed by atoms with Gasteiger partial charge in [-0.3, -0.25) is 0 Å². The SMILES string of the molecule is CCC(CC)NCc1ccc(COC)o1. The van der Waals surface area contributed by atoms with E-state index in [2.05, 4.69) is 19.2 Å². The molecule has 0 fully saturated rings. The average molecular weight is 211 g/mol. The summed E-state index contributed by atoms with van der Waals surface area (Å²) in [7, 11) is 1.67. The van der Waals surface area contributed by atoms with Gasteiger partial charge in [0.1, 0.15) is 18.1 Å². The van der Waals surface area contributed by atoms with Gasteiger partial charge in [0.15, 0.2) is 0 Å². The van der Waals surface area contributed by atoms with E-state index in [0.29, 0.717) is 12.6 Å². The van der Waals surface area contributed by atoms with Crippen LogP contribution in [0.3, 0.4) is 0 Å². The fourth-order valence-corrected chi connectivity index (χ4v) is 1.56. The van der Waals surface area contributed by atoms with Crippen LogP contribution >= 0.6 is 0 Å². The third kappa shape index (κ3) is 4.06. The lowest BCUT2D eigenvalue weighted by Gasteiger charge is -2.12. The Morgan fingerprint density at radius 3 is 2.53 bits per heavy atom. The second-order valence-electron chi connectivity index (χ2n) is 3.70. The van der Waals surface area contributed by atoms with Gasteiger partial charge >= 0.3 is 0 Å². The summed E-state index contributed by atoms with van der Waals surface area (Å²) in [6.07, 6.45) is 2.31. The Balaban J connectivity index is 2.36. The predicted octanol–water partition coefficient (Wildman–Crippen LogP) is 2.70. The van der Waals surface area contributed by atoms with Crippen molar-refractivity contribution in [3.05, 3.63) is 23.7 Å².